The van der Waals surface area contributed by atoms with E-state index < -0.39 is 17.7 Å². The Balaban J connectivity index is 1.28. The molecule has 0 unspecified atom stereocenters. The van der Waals surface area contributed by atoms with Gasteiger partial charge < -0.3 is 19.5 Å². The number of carbonyl (C=O) groups is 2. The van der Waals surface area contributed by atoms with Crippen LogP contribution in [0.3, 0.4) is 0 Å². The number of hydrogen-bond acceptors (Lipinski definition) is 6. The smallest absolute Gasteiger partial charge is 0.295 e. The number of hydrogen-bond donors (Lipinski definition) is 1. The molecule has 4 aromatic carbocycles. The molecule has 0 aliphatic carbocycles. The van der Waals surface area contributed by atoms with Gasteiger partial charge in [-0.2, -0.15) is 0 Å². The largest absolute Gasteiger partial charge is 0.507 e. The molecule has 1 aliphatic rings. The number of rotatable bonds is 10. The quantitative estimate of drug-likeness (QED) is 0.104. The van der Waals surface area contributed by atoms with Crippen LogP contribution in [0.15, 0.2) is 133 Å². The van der Waals surface area contributed by atoms with Crippen molar-refractivity contribution in [3.63, 3.8) is 0 Å². The maximum Gasteiger partial charge on any atom is 0.295 e. The number of pyridine rings is 1. The number of Topliss-reactive ketones (excluding diaryl/α,β-unsaturated/α-hetero) is 1. The summed E-state index contributed by atoms with van der Waals surface area (Å²) in [6.45, 7) is 2.99. The van der Waals surface area contributed by atoms with Crippen LogP contribution in [0.25, 0.3) is 5.76 Å². The van der Waals surface area contributed by atoms with Gasteiger partial charge in [0.05, 0.1) is 11.6 Å². The van der Waals surface area contributed by atoms with Gasteiger partial charge in [0.2, 0.25) is 0 Å². The Hall–Kier alpha value is -5.69. The van der Waals surface area contributed by atoms with Crippen LogP contribution in [-0.4, -0.2) is 26.7 Å². The Kier molecular flexibility index (Phi) is 8.69. The maximum absolute atomic E-state index is 13.5. The van der Waals surface area contributed by atoms with Gasteiger partial charge >= 0.3 is 0 Å². The van der Waals surface area contributed by atoms with Gasteiger partial charge in [0.1, 0.15) is 30.5 Å². The molecule has 0 bridgehead atoms. The van der Waals surface area contributed by atoms with Crippen molar-refractivity contribution in [1.82, 2.24) is 9.88 Å². The molecular weight excluding hydrogens is 564 g/mol. The lowest BCUT2D eigenvalue weighted by Gasteiger charge is -2.25. The summed E-state index contributed by atoms with van der Waals surface area (Å²) < 4.78 is 11.9. The molecule has 1 amide bonds. The molecule has 7 nitrogen and oxygen atoms in total. The van der Waals surface area contributed by atoms with Crippen LogP contribution in [0.2, 0.25) is 0 Å². The van der Waals surface area contributed by atoms with Crippen LogP contribution >= 0.6 is 0 Å². The fourth-order valence-corrected chi connectivity index (χ4v) is 5.40. The van der Waals surface area contributed by atoms with Crippen LogP contribution in [0.1, 0.15) is 39.4 Å². The number of likely N-dealkylation sites (tertiary alicyclic amines) is 1. The second kappa shape index (κ2) is 13.3. The minimum absolute atomic E-state index is 0.0234. The van der Waals surface area contributed by atoms with Gasteiger partial charge in [0.15, 0.2) is 0 Å². The Labute approximate surface area is 262 Å². The van der Waals surface area contributed by atoms with Gasteiger partial charge in [-0.3, -0.25) is 14.6 Å². The van der Waals surface area contributed by atoms with Gasteiger partial charge in [-0.05, 0) is 71.6 Å². The van der Waals surface area contributed by atoms with E-state index >= 15 is 0 Å². The lowest BCUT2D eigenvalue weighted by Crippen LogP contribution is -2.29. The zero-order valence-corrected chi connectivity index (χ0v) is 24.8. The SMILES string of the molecule is Cc1cccc(COc2ccc(C(O)=C3C(=O)C(=O)N(Cc4cccnc4)[C@H]3c3ccc(OCc4ccccc4)cc3)cc2)c1. The molecule has 0 spiro atoms. The molecule has 1 aromatic heterocycles. The highest BCUT2D eigenvalue weighted by Gasteiger charge is 2.46. The van der Waals surface area contributed by atoms with Crippen molar-refractivity contribution in [3.05, 3.63) is 167 Å². The average Bonchev–Trinajstić information content (AvgIpc) is 3.32. The number of ketones is 1. The zero-order chi connectivity index (χ0) is 31.2. The fraction of sp³-hybridized carbons (Fsp3) is 0.132. The van der Waals surface area contributed by atoms with E-state index in [0.717, 1.165) is 22.3 Å². The number of aromatic nitrogens is 1. The second-order valence-corrected chi connectivity index (χ2v) is 10.9. The summed E-state index contributed by atoms with van der Waals surface area (Å²) >= 11 is 0. The number of amides is 1. The fourth-order valence-electron chi connectivity index (χ4n) is 5.40. The Bertz CT molecular complexity index is 1820. The highest BCUT2D eigenvalue weighted by molar-refractivity contribution is 6.46. The summed E-state index contributed by atoms with van der Waals surface area (Å²) in [5.74, 6) is -0.416. The van der Waals surface area contributed by atoms with E-state index in [1.807, 2.05) is 85.8 Å². The van der Waals surface area contributed by atoms with Gasteiger partial charge in [0.25, 0.3) is 11.7 Å². The van der Waals surface area contributed by atoms with Gasteiger partial charge in [0, 0.05) is 24.5 Å². The first kappa shape index (κ1) is 29.4. The number of ether oxygens (including phenoxy) is 2. The molecule has 7 heteroatoms. The highest BCUT2D eigenvalue weighted by atomic mass is 16.5. The van der Waals surface area contributed by atoms with Crippen LogP contribution in [-0.2, 0) is 29.3 Å². The molecule has 224 valence electrons. The molecule has 1 N–H and O–H groups in total. The molecule has 5 aromatic rings. The van der Waals surface area contributed by atoms with Crippen LogP contribution in [0.4, 0.5) is 0 Å². The van der Waals surface area contributed by atoms with Crippen molar-refractivity contribution in [2.75, 3.05) is 0 Å². The Morgan fingerprint density at radius 2 is 1.40 bits per heavy atom. The Morgan fingerprint density at radius 1 is 0.756 bits per heavy atom. The minimum atomic E-state index is -0.814. The maximum atomic E-state index is 13.5. The van der Waals surface area contributed by atoms with E-state index in [1.54, 1.807) is 42.7 Å². The monoisotopic (exact) mass is 596 g/mol. The van der Waals surface area contributed by atoms with Crippen molar-refractivity contribution in [2.45, 2.75) is 32.7 Å². The number of aliphatic hydroxyl groups is 1. The number of benzene rings is 4. The lowest BCUT2D eigenvalue weighted by molar-refractivity contribution is -0.140. The van der Waals surface area contributed by atoms with Crippen molar-refractivity contribution < 1.29 is 24.2 Å². The Morgan fingerprint density at radius 3 is 2.07 bits per heavy atom. The molecule has 1 saturated heterocycles. The van der Waals surface area contributed by atoms with Crippen molar-refractivity contribution in [2.24, 2.45) is 0 Å². The van der Waals surface area contributed by atoms with E-state index in [0.29, 0.717) is 35.8 Å². The third-order valence-electron chi connectivity index (χ3n) is 7.68. The summed E-state index contributed by atoms with van der Waals surface area (Å²) in [5.41, 5.74) is 5.11. The summed E-state index contributed by atoms with van der Waals surface area (Å²) in [6, 6.07) is 34.9. The molecule has 0 saturated carbocycles. The van der Waals surface area contributed by atoms with Gasteiger partial charge in [-0.1, -0.05) is 78.4 Å². The highest BCUT2D eigenvalue weighted by Crippen LogP contribution is 2.41. The normalized spacial score (nSPS) is 15.7. The predicted octanol–water partition coefficient (Wildman–Crippen LogP) is 7.17. The summed E-state index contributed by atoms with van der Waals surface area (Å²) in [5, 5.41) is 11.5. The molecule has 45 heavy (non-hydrogen) atoms. The van der Waals surface area contributed by atoms with Crippen molar-refractivity contribution in [1.29, 1.82) is 0 Å². The van der Waals surface area contributed by atoms with Crippen molar-refractivity contribution in [3.8, 4) is 11.5 Å². The molecule has 1 aliphatic heterocycles. The standard InChI is InChI=1S/C38H32N2O5/c1-26-7-5-10-28(21-26)25-45-33-18-14-31(15-19-33)36(41)34-35(40(38(43)37(34)42)23-29-11-6-20-39-22-29)30-12-16-32(17-13-30)44-24-27-8-3-2-4-9-27/h2-22,35,41H,23-25H2,1H3/t35-/m0/s1. The molecule has 1 atom stereocenters. The minimum Gasteiger partial charge on any atom is -0.507 e. The molecule has 0 radical (unpaired) electrons. The van der Waals surface area contributed by atoms with Crippen LogP contribution < -0.4 is 9.47 Å². The van der Waals surface area contributed by atoms with Gasteiger partial charge in [-0.15, -0.1) is 0 Å². The van der Waals surface area contributed by atoms with Crippen LogP contribution in [0, 0.1) is 6.92 Å². The number of aryl methyl sites for hydroxylation is 1. The third kappa shape index (κ3) is 6.78. The van der Waals surface area contributed by atoms with Crippen molar-refractivity contribution >= 4 is 17.4 Å². The lowest BCUT2D eigenvalue weighted by atomic mass is 9.95. The molecular formula is C38H32N2O5. The molecule has 1 fully saturated rings. The third-order valence-corrected chi connectivity index (χ3v) is 7.68. The molecule has 2 heterocycles. The first-order valence-corrected chi connectivity index (χ1v) is 14.7. The van der Waals surface area contributed by atoms with Crippen LogP contribution in [0.5, 0.6) is 11.5 Å². The molecule has 6 rings (SSSR count). The number of carbonyl (C=O) groups excluding carboxylic acids is 2. The summed E-state index contributed by atoms with van der Waals surface area (Å²) in [7, 11) is 0. The predicted molar refractivity (Wildman–Crippen MR) is 171 cm³/mol. The number of aliphatic hydroxyl groups excluding tert-OH is 1. The van der Waals surface area contributed by atoms with Gasteiger partial charge in [-0.25, -0.2) is 0 Å². The first-order valence-electron chi connectivity index (χ1n) is 14.7. The summed E-state index contributed by atoms with van der Waals surface area (Å²) in [6.07, 6.45) is 3.31. The topological polar surface area (TPSA) is 89.0 Å². The average molecular weight is 597 g/mol. The van der Waals surface area contributed by atoms with E-state index in [1.165, 1.54) is 4.90 Å². The summed E-state index contributed by atoms with van der Waals surface area (Å²) in [4.78, 5) is 32.6. The second-order valence-electron chi connectivity index (χ2n) is 10.9. The van der Waals surface area contributed by atoms with E-state index in [9.17, 15) is 14.7 Å². The van der Waals surface area contributed by atoms with E-state index in [2.05, 4.69) is 11.1 Å². The number of nitrogens with zero attached hydrogens (tertiary/aromatic N) is 2. The van der Waals surface area contributed by atoms with E-state index in [-0.39, 0.29) is 17.9 Å². The van der Waals surface area contributed by atoms with E-state index in [4.69, 9.17) is 9.47 Å². The first-order chi connectivity index (χ1) is 22.0. The zero-order valence-electron chi connectivity index (χ0n) is 24.8.